The van der Waals surface area contributed by atoms with Gasteiger partial charge in [-0.2, -0.15) is 0 Å². The number of rotatable bonds is 2. The first-order valence-electron chi connectivity index (χ1n) is 12.6. The van der Waals surface area contributed by atoms with E-state index in [-0.39, 0.29) is 40.4 Å². The van der Waals surface area contributed by atoms with Crippen molar-refractivity contribution in [3.05, 3.63) is 25.3 Å². The van der Waals surface area contributed by atoms with Gasteiger partial charge < -0.3 is 35.7 Å². The smallest absolute Gasteiger partial charge is 0.388 e. The molecule has 2 saturated heterocycles. The number of aliphatic hydroxyl groups is 1. The minimum absolute atomic E-state index is 0.0152. The molecule has 3 aliphatic rings. The number of nitrogen functional groups attached to an aromatic ring is 2. The van der Waals surface area contributed by atoms with Gasteiger partial charge in [0, 0.05) is 6.42 Å². The van der Waals surface area contributed by atoms with Gasteiger partial charge in [-0.15, -0.1) is 0 Å². The first-order valence-corrected chi connectivity index (χ1v) is 15.6. The maximum atomic E-state index is 15.9. The van der Waals surface area contributed by atoms with Gasteiger partial charge in [0.1, 0.15) is 54.2 Å². The molecule has 1 saturated carbocycles. The van der Waals surface area contributed by atoms with Crippen LogP contribution in [0.3, 0.4) is 0 Å². The van der Waals surface area contributed by atoms with Crippen molar-refractivity contribution >= 4 is 49.6 Å². The van der Waals surface area contributed by atoms with Crippen LogP contribution >= 0.6 is 15.6 Å². The van der Waals surface area contributed by atoms with Crippen LogP contribution in [0.4, 0.5) is 16.0 Å². The number of alkyl halides is 1. The monoisotopic (exact) mass is 644 g/mol. The highest BCUT2D eigenvalue weighted by molar-refractivity contribution is 7.47. The van der Waals surface area contributed by atoms with E-state index in [9.17, 15) is 24.0 Å². The molecule has 0 aromatic carbocycles. The number of hydrogen-bond acceptors (Lipinski definition) is 16. The molecular formula is C20H23FN10O10P2. The van der Waals surface area contributed by atoms with Crippen molar-refractivity contribution in [3.8, 4) is 0 Å². The molecule has 10 atom stereocenters. The second-order valence-electron chi connectivity index (χ2n) is 9.99. The lowest BCUT2D eigenvalue weighted by Gasteiger charge is -2.28. The number of phosphoric ester groups is 2. The van der Waals surface area contributed by atoms with E-state index in [1.54, 1.807) is 0 Å². The number of fused-ring (bicyclic) bond motifs is 5. The van der Waals surface area contributed by atoms with Gasteiger partial charge in [-0.1, -0.05) is 0 Å². The van der Waals surface area contributed by atoms with Crippen molar-refractivity contribution in [1.29, 1.82) is 0 Å². The molecule has 4 aromatic rings. The topological polar surface area (TPSA) is 280 Å². The highest BCUT2D eigenvalue weighted by atomic mass is 31.2. The van der Waals surface area contributed by atoms with E-state index < -0.39 is 71.2 Å². The summed E-state index contributed by atoms with van der Waals surface area (Å²) in [5.74, 6) is 0.0643. The van der Waals surface area contributed by atoms with E-state index in [0.29, 0.717) is 0 Å². The Labute approximate surface area is 239 Å². The molecule has 4 unspecified atom stereocenters. The van der Waals surface area contributed by atoms with Crippen LogP contribution in [0.1, 0.15) is 18.7 Å². The van der Waals surface area contributed by atoms with Gasteiger partial charge in [0.15, 0.2) is 35.3 Å². The average molecular weight is 644 g/mol. The molecule has 4 aromatic heterocycles. The molecule has 0 radical (unpaired) electrons. The lowest BCUT2D eigenvalue weighted by Crippen LogP contribution is -2.37. The fourth-order valence-electron chi connectivity index (χ4n) is 5.51. The Kier molecular flexibility index (Phi) is 6.74. The average Bonchev–Trinajstić information content (AvgIpc) is 3.70. The Bertz CT molecular complexity index is 1810. The Hall–Kier alpha value is -3.23. The largest absolute Gasteiger partial charge is 0.473 e. The summed E-state index contributed by atoms with van der Waals surface area (Å²) in [7, 11) is -10.2. The minimum Gasteiger partial charge on any atom is -0.388 e. The van der Waals surface area contributed by atoms with Crippen LogP contribution < -0.4 is 11.5 Å². The number of nitrogens with zero attached hydrogens (tertiary/aromatic N) is 8. The van der Waals surface area contributed by atoms with Gasteiger partial charge >= 0.3 is 15.6 Å². The number of anilines is 2. The quantitative estimate of drug-likeness (QED) is 0.176. The zero-order valence-electron chi connectivity index (χ0n) is 21.5. The van der Waals surface area contributed by atoms with Crippen molar-refractivity contribution in [3.63, 3.8) is 0 Å². The number of phosphoric acid groups is 2. The van der Waals surface area contributed by atoms with Gasteiger partial charge in [-0.05, 0) is 0 Å². The summed E-state index contributed by atoms with van der Waals surface area (Å²) in [6, 6.07) is -1.03. The Morgan fingerprint density at radius 1 is 0.837 bits per heavy atom. The van der Waals surface area contributed by atoms with Gasteiger partial charge in [0.25, 0.3) is 0 Å². The van der Waals surface area contributed by atoms with Crippen LogP contribution in [0.2, 0.25) is 0 Å². The number of halogens is 1. The SMILES string of the molecule is Nc1ncnc2c1ncn2C1CC2OP(=O)(O)O[C@H]3[C@@H](F)[C@H](n4cnc5c(N)ncnc54)O[C@@H]3COP(=O)(O)O[C@@H]1[C@@H]2O. The van der Waals surface area contributed by atoms with Gasteiger partial charge in [0.05, 0.1) is 25.3 Å². The molecule has 7 rings (SSSR count). The van der Waals surface area contributed by atoms with E-state index in [1.807, 2.05) is 0 Å². The molecular weight excluding hydrogens is 621 g/mol. The number of imidazole rings is 2. The third-order valence-electron chi connectivity index (χ3n) is 7.42. The summed E-state index contributed by atoms with van der Waals surface area (Å²) in [5.41, 5.74) is 12.3. The number of hydrogen-bond donors (Lipinski definition) is 5. The van der Waals surface area contributed by atoms with Crippen molar-refractivity contribution in [2.45, 2.75) is 55.4 Å². The summed E-state index contributed by atoms with van der Waals surface area (Å²) in [6.07, 6.45) is -7.44. The number of aliphatic hydroxyl groups excluding tert-OH is 1. The predicted molar refractivity (Wildman–Crippen MR) is 138 cm³/mol. The minimum atomic E-state index is -5.14. The maximum Gasteiger partial charge on any atom is 0.473 e. The summed E-state index contributed by atoms with van der Waals surface area (Å²) in [5, 5.41) is 11.0. The van der Waals surface area contributed by atoms with Gasteiger partial charge in [0.2, 0.25) is 0 Å². The van der Waals surface area contributed by atoms with Crippen LogP contribution in [0.5, 0.6) is 0 Å². The third kappa shape index (κ3) is 4.87. The zero-order chi connectivity index (χ0) is 30.3. The number of nitrogens with two attached hydrogens (primary N) is 2. The van der Waals surface area contributed by atoms with Crippen LogP contribution in [-0.4, -0.2) is 97.2 Å². The Morgan fingerprint density at radius 3 is 2.12 bits per heavy atom. The van der Waals surface area contributed by atoms with E-state index >= 15 is 4.39 Å². The summed E-state index contributed by atoms with van der Waals surface area (Å²) in [6.45, 7) is -0.839. The second-order valence-corrected chi connectivity index (χ2v) is 12.8. The predicted octanol–water partition coefficient (Wildman–Crippen LogP) is -0.242. The van der Waals surface area contributed by atoms with Crippen LogP contribution in [0.15, 0.2) is 25.3 Å². The number of ether oxygens (including phenoxy) is 1. The highest BCUT2D eigenvalue weighted by Crippen LogP contribution is 2.56. The summed E-state index contributed by atoms with van der Waals surface area (Å²) < 4.78 is 71.5. The van der Waals surface area contributed by atoms with E-state index in [1.165, 1.54) is 17.2 Å². The lowest BCUT2D eigenvalue weighted by atomic mass is 10.1. The normalized spacial score (nSPS) is 38.6. The van der Waals surface area contributed by atoms with Gasteiger partial charge in [-0.25, -0.2) is 43.4 Å². The fraction of sp³-hybridized carbons (Fsp3) is 0.500. The lowest BCUT2D eigenvalue weighted by molar-refractivity contribution is -0.0663. The Balaban J connectivity index is 1.21. The fourth-order valence-corrected chi connectivity index (χ4v) is 7.64. The molecule has 43 heavy (non-hydrogen) atoms. The van der Waals surface area contributed by atoms with Crippen LogP contribution in [0.25, 0.3) is 22.3 Å². The standard InChI is InChI=1S/C20H23FN10O10P2/c21-10-15-9(38-20(10)31-6-29-12-17(23)25-4-27-19(12)31)2-37-42(33,34)40-14-7(1-8(13(14)32)39-43(35,36)41-15)30-5-28-11-16(22)24-3-26-18(11)30/h3-10,13-15,20,32H,1-2H2,(H,33,34)(H,35,36)(H2,22,24,26)(H2,23,25,27)/t7?,8?,9-,10-,13-,14+,15-,20-/m1/s1. The van der Waals surface area contributed by atoms with Gasteiger partial charge in [-0.3, -0.25) is 22.7 Å². The molecule has 2 aliphatic heterocycles. The molecule has 3 fully saturated rings. The van der Waals surface area contributed by atoms with Crippen LogP contribution in [0, 0.1) is 0 Å². The molecule has 0 spiro atoms. The summed E-state index contributed by atoms with van der Waals surface area (Å²) in [4.78, 5) is 45.4. The zero-order valence-corrected chi connectivity index (χ0v) is 23.3. The van der Waals surface area contributed by atoms with E-state index in [4.69, 9.17) is 34.3 Å². The maximum absolute atomic E-state index is 15.9. The molecule has 0 amide bonds. The van der Waals surface area contributed by atoms with Crippen molar-refractivity contribution < 1.29 is 51.2 Å². The molecule has 23 heteroatoms. The van der Waals surface area contributed by atoms with Crippen LogP contribution in [-0.2, 0) is 32.0 Å². The summed E-state index contributed by atoms with van der Waals surface area (Å²) >= 11 is 0. The molecule has 20 nitrogen and oxygen atoms in total. The van der Waals surface area contributed by atoms with Crippen molar-refractivity contribution in [2.75, 3.05) is 18.1 Å². The second kappa shape index (κ2) is 10.2. The molecule has 1 aliphatic carbocycles. The van der Waals surface area contributed by atoms with E-state index in [0.717, 1.165) is 17.2 Å². The molecule has 230 valence electrons. The van der Waals surface area contributed by atoms with Crippen molar-refractivity contribution in [1.82, 2.24) is 39.0 Å². The number of aromatic nitrogens is 8. The Morgan fingerprint density at radius 2 is 1.44 bits per heavy atom. The third-order valence-corrected chi connectivity index (χ3v) is 9.46. The molecule has 7 N–H and O–H groups in total. The van der Waals surface area contributed by atoms with E-state index in [2.05, 4.69) is 29.9 Å². The highest BCUT2D eigenvalue weighted by Gasteiger charge is 2.55. The first kappa shape index (κ1) is 28.5. The van der Waals surface area contributed by atoms with Crippen molar-refractivity contribution in [2.24, 2.45) is 0 Å². The molecule has 6 heterocycles. The molecule has 2 bridgehead atoms. The first-order chi connectivity index (χ1) is 20.4.